The molecule has 0 saturated carbocycles. The van der Waals surface area contributed by atoms with Crippen LogP contribution in [0.25, 0.3) is 0 Å². The molecule has 0 aliphatic carbocycles. The number of thioether (sulfide) groups is 1. The van der Waals surface area contributed by atoms with Gasteiger partial charge >= 0.3 is 5.97 Å². The lowest BCUT2D eigenvalue weighted by Crippen LogP contribution is -2.28. The molecule has 6 nitrogen and oxygen atoms in total. The van der Waals surface area contributed by atoms with E-state index in [-0.39, 0.29) is 12.1 Å². The fourth-order valence-corrected chi connectivity index (χ4v) is 2.73. The molecule has 0 radical (unpaired) electrons. The van der Waals surface area contributed by atoms with Crippen LogP contribution in [0.15, 0.2) is 47.4 Å². The highest BCUT2D eigenvalue weighted by molar-refractivity contribution is 7.99. The van der Waals surface area contributed by atoms with E-state index in [4.69, 9.17) is 14.2 Å². The molecule has 0 aliphatic heterocycles. The molecule has 0 saturated heterocycles. The van der Waals surface area contributed by atoms with E-state index in [0.717, 1.165) is 5.56 Å². The van der Waals surface area contributed by atoms with Crippen LogP contribution in [0, 0.1) is 0 Å². The third kappa shape index (κ3) is 6.41. The first-order valence-corrected chi connectivity index (χ1v) is 9.00. The smallest absolute Gasteiger partial charge is 0.338 e. The maximum atomic E-state index is 12.3. The van der Waals surface area contributed by atoms with Gasteiger partial charge in [-0.3, -0.25) is 4.79 Å². The molecule has 0 atom stereocenters. The monoisotopic (exact) mass is 411 g/mol. The lowest BCUT2D eigenvalue weighted by molar-refractivity contribution is -0.124. The highest BCUT2D eigenvalue weighted by atomic mass is 32.2. The van der Waals surface area contributed by atoms with Crippen LogP contribution < -0.4 is 14.8 Å². The summed E-state index contributed by atoms with van der Waals surface area (Å²) in [4.78, 5) is 24.1. The normalized spacial score (nSPS) is 10.5. The van der Waals surface area contributed by atoms with Crippen molar-refractivity contribution < 1.29 is 32.6 Å². The number of carbonyl (C=O) groups is 2. The minimum Gasteiger partial charge on any atom is -0.493 e. The number of benzene rings is 2. The molecular weight excluding hydrogens is 392 g/mol. The number of amides is 1. The molecule has 0 fully saturated rings. The Balaban J connectivity index is 1.81. The number of nitrogens with one attached hydrogen (secondary N) is 1. The van der Waals surface area contributed by atoms with Gasteiger partial charge in [-0.2, -0.15) is 8.78 Å². The Morgan fingerprint density at radius 3 is 2.32 bits per heavy atom. The lowest BCUT2D eigenvalue weighted by atomic mass is 10.2. The number of carbonyl (C=O) groups excluding carboxylic acids is 2. The van der Waals surface area contributed by atoms with Crippen LogP contribution >= 0.6 is 11.8 Å². The molecule has 2 rings (SSSR count). The van der Waals surface area contributed by atoms with E-state index in [1.54, 1.807) is 18.2 Å². The van der Waals surface area contributed by atoms with E-state index in [0.29, 0.717) is 28.2 Å². The number of methoxy groups -OCH3 is 2. The van der Waals surface area contributed by atoms with E-state index in [9.17, 15) is 18.4 Å². The van der Waals surface area contributed by atoms with Gasteiger partial charge in [-0.15, -0.1) is 0 Å². The fraction of sp³-hybridized carbons (Fsp3) is 0.263. The summed E-state index contributed by atoms with van der Waals surface area (Å²) in [6.45, 7) is -0.240. The van der Waals surface area contributed by atoms with Crippen LogP contribution in [-0.4, -0.2) is 38.5 Å². The van der Waals surface area contributed by atoms with Gasteiger partial charge in [0, 0.05) is 11.4 Å². The zero-order valence-corrected chi connectivity index (χ0v) is 16.1. The Hall–Kier alpha value is -2.81. The molecule has 28 heavy (non-hydrogen) atoms. The van der Waals surface area contributed by atoms with Gasteiger partial charge in [-0.1, -0.05) is 17.8 Å². The average Bonchev–Trinajstić information content (AvgIpc) is 2.70. The van der Waals surface area contributed by atoms with Crippen molar-refractivity contribution in [2.24, 2.45) is 0 Å². The predicted octanol–water partition coefficient (Wildman–Crippen LogP) is 3.49. The van der Waals surface area contributed by atoms with Gasteiger partial charge in [0.05, 0.1) is 19.8 Å². The summed E-state index contributed by atoms with van der Waals surface area (Å²) in [6, 6.07) is 10.7. The first-order chi connectivity index (χ1) is 13.4. The quantitative estimate of drug-likeness (QED) is 0.503. The molecule has 9 heteroatoms. The van der Waals surface area contributed by atoms with E-state index in [2.05, 4.69) is 5.32 Å². The Bertz CT molecular complexity index is 814. The third-order valence-electron chi connectivity index (χ3n) is 3.59. The van der Waals surface area contributed by atoms with Crippen LogP contribution in [-0.2, 0) is 16.1 Å². The number of alkyl halides is 2. The standard InChI is InChI=1S/C19H19F2NO5S/c1-25-15-8-3-12(9-16(15)26-2)10-22-17(23)11-27-18(24)13-4-6-14(7-5-13)28-19(20)21/h3-9,19H,10-11H2,1-2H3,(H,22,23). The van der Waals surface area contributed by atoms with Gasteiger partial charge in [-0.25, -0.2) is 4.79 Å². The summed E-state index contributed by atoms with van der Waals surface area (Å²) >= 11 is 0.380. The molecule has 0 aliphatic rings. The molecule has 150 valence electrons. The summed E-state index contributed by atoms with van der Waals surface area (Å²) in [7, 11) is 3.04. The maximum absolute atomic E-state index is 12.3. The molecule has 0 spiro atoms. The summed E-state index contributed by atoms with van der Waals surface area (Å²) in [5, 5.41) is 2.63. The predicted molar refractivity (Wildman–Crippen MR) is 100.0 cm³/mol. The Morgan fingerprint density at radius 2 is 1.71 bits per heavy atom. The summed E-state index contributed by atoms with van der Waals surface area (Å²) < 4.78 is 39.8. The Labute approximate surface area is 165 Å². The third-order valence-corrected chi connectivity index (χ3v) is 4.31. The largest absolute Gasteiger partial charge is 0.493 e. The van der Waals surface area contributed by atoms with Crippen LogP contribution in [0.1, 0.15) is 15.9 Å². The second kappa shape index (κ2) is 10.5. The van der Waals surface area contributed by atoms with Crippen LogP contribution in [0.3, 0.4) is 0 Å². The highest BCUT2D eigenvalue weighted by Crippen LogP contribution is 2.27. The minimum absolute atomic E-state index is 0.173. The summed E-state index contributed by atoms with van der Waals surface area (Å²) in [5.74, 6) is -2.62. The lowest BCUT2D eigenvalue weighted by Gasteiger charge is -2.10. The number of hydrogen-bond donors (Lipinski definition) is 1. The van der Waals surface area contributed by atoms with E-state index < -0.39 is 24.2 Å². The SMILES string of the molecule is COc1ccc(CNC(=O)COC(=O)c2ccc(SC(F)F)cc2)cc1OC. The molecular formula is C19H19F2NO5S. The first kappa shape index (κ1) is 21.5. The summed E-state index contributed by atoms with van der Waals surface area (Å²) in [5.41, 5.74) is 0.954. The topological polar surface area (TPSA) is 73.9 Å². The van der Waals surface area contributed by atoms with Crippen molar-refractivity contribution in [3.63, 3.8) is 0 Å². The number of esters is 1. The first-order valence-electron chi connectivity index (χ1n) is 8.12. The van der Waals surface area contributed by atoms with Crippen molar-refractivity contribution in [2.45, 2.75) is 17.2 Å². The zero-order valence-electron chi connectivity index (χ0n) is 15.2. The van der Waals surface area contributed by atoms with Gasteiger partial charge in [0.15, 0.2) is 18.1 Å². The Kier molecular flexibility index (Phi) is 8.06. The maximum Gasteiger partial charge on any atom is 0.338 e. The molecule has 0 aromatic heterocycles. The summed E-state index contributed by atoms with van der Waals surface area (Å²) in [6.07, 6.45) is 0. The van der Waals surface area contributed by atoms with Gasteiger partial charge in [0.1, 0.15) is 0 Å². The second-order valence-corrected chi connectivity index (χ2v) is 6.51. The molecule has 2 aromatic rings. The minimum atomic E-state index is -2.54. The van der Waals surface area contributed by atoms with Crippen LogP contribution in [0.2, 0.25) is 0 Å². The molecule has 0 unspecified atom stereocenters. The molecule has 0 bridgehead atoms. The van der Waals surface area contributed by atoms with Gasteiger partial charge in [0.25, 0.3) is 11.7 Å². The molecule has 0 heterocycles. The van der Waals surface area contributed by atoms with Crippen LogP contribution in [0.4, 0.5) is 8.78 Å². The van der Waals surface area contributed by atoms with Crippen molar-refractivity contribution in [1.29, 1.82) is 0 Å². The Morgan fingerprint density at radius 1 is 1.04 bits per heavy atom. The molecule has 1 N–H and O–H groups in total. The molecule has 1 amide bonds. The number of ether oxygens (including phenoxy) is 3. The van der Waals surface area contributed by atoms with E-state index in [1.165, 1.54) is 38.5 Å². The zero-order chi connectivity index (χ0) is 20.5. The van der Waals surface area contributed by atoms with Crippen molar-refractivity contribution in [3.8, 4) is 11.5 Å². The number of halogens is 2. The van der Waals surface area contributed by atoms with Gasteiger partial charge in [0.2, 0.25) is 0 Å². The van der Waals surface area contributed by atoms with Gasteiger partial charge in [-0.05, 0) is 42.0 Å². The van der Waals surface area contributed by atoms with E-state index >= 15 is 0 Å². The second-order valence-electron chi connectivity index (χ2n) is 5.45. The molecule has 2 aromatic carbocycles. The average molecular weight is 411 g/mol. The number of hydrogen-bond acceptors (Lipinski definition) is 6. The number of rotatable bonds is 9. The van der Waals surface area contributed by atoms with Crippen LogP contribution in [0.5, 0.6) is 11.5 Å². The van der Waals surface area contributed by atoms with Gasteiger partial charge < -0.3 is 19.5 Å². The highest BCUT2D eigenvalue weighted by Gasteiger charge is 2.12. The van der Waals surface area contributed by atoms with Crippen molar-refractivity contribution in [3.05, 3.63) is 53.6 Å². The van der Waals surface area contributed by atoms with Crippen molar-refractivity contribution in [2.75, 3.05) is 20.8 Å². The van der Waals surface area contributed by atoms with Crippen molar-refractivity contribution >= 4 is 23.6 Å². The fourth-order valence-electron chi connectivity index (χ4n) is 2.23. The van der Waals surface area contributed by atoms with Crippen molar-refractivity contribution in [1.82, 2.24) is 5.32 Å². The van der Waals surface area contributed by atoms with E-state index in [1.807, 2.05) is 0 Å².